The second-order valence-electron chi connectivity index (χ2n) is 8.03. The highest BCUT2D eigenvalue weighted by Gasteiger charge is 2.23. The third-order valence-electron chi connectivity index (χ3n) is 4.38. The Kier molecular flexibility index (Phi) is 6.03. The molecule has 1 heterocycles. The molecule has 0 fully saturated rings. The average Bonchev–Trinajstić information content (AvgIpc) is 2.66. The van der Waals surface area contributed by atoms with E-state index in [2.05, 4.69) is 10.3 Å². The van der Waals surface area contributed by atoms with Gasteiger partial charge in [0, 0.05) is 5.56 Å². The number of ether oxygens (including phenoxy) is 1. The van der Waals surface area contributed by atoms with Gasteiger partial charge in [-0.3, -0.25) is 14.2 Å². The molecule has 0 radical (unpaired) electrons. The second kappa shape index (κ2) is 8.39. The minimum absolute atomic E-state index is 0.224. The fraction of sp³-hybridized carbons (Fsp3) is 0.273. The van der Waals surface area contributed by atoms with Gasteiger partial charge in [0.25, 0.3) is 5.56 Å². The van der Waals surface area contributed by atoms with Crippen LogP contribution in [0, 0.1) is 0 Å². The number of hydrogen-bond acceptors (Lipinski definition) is 5. The summed E-state index contributed by atoms with van der Waals surface area (Å²) in [5.74, 6) is -0.393. The number of amides is 2. The summed E-state index contributed by atoms with van der Waals surface area (Å²) < 4.78 is 6.62. The molecule has 0 unspecified atom stereocenters. The molecule has 162 valence electrons. The van der Waals surface area contributed by atoms with Gasteiger partial charge in [-0.15, -0.1) is 0 Å². The molecule has 0 aliphatic carbocycles. The van der Waals surface area contributed by atoms with Crippen LogP contribution >= 0.6 is 11.6 Å². The number of benzene rings is 2. The van der Waals surface area contributed by atoms with Crippen LogP contribution in [0.3, 0.4) is 0 Å². The Morgan fingerprint density at radius 2 is 1.87 bits per heavy atom. The standard InChI is InChI=1S/C22H23ClN4O4/c1-12(25-21(30)31-22(2,3)4)19-26-16-10-6-9-15(23)17(16)20(29)27(19)14-8-5-7-13(11-14)18(24)28/h5-12H,1-4H3,(H2,24,28)(H,25,30)/t12-/m0/s1. The highest BCUT2D eigenvalue weighted by Crippen LogP contribution is 2.23. The fourth-order valence-electron chi connectivity index (χ4n) is 3.09. The Labute approximate surface area is 184 Å². The third kappa shape index (κ3) is 4.86. The highest BCUT2D eigenvalue weighted by atomic mass is 35.5. The molecule has 1 aromatic heterocycles. The lowest BCUT2D eigenvalue weighted by molar-refractivity contribution is 0.0505. The Hall–Kier alpha value is -3.39. The number of carbonyl (C=O) groups is 2. The van der Waals surface area contributed by atoms with E-state index in [1.165, 1.54) is 10.6 Å². The van der Waals surface area contributed by atoms with Crippen LogP contribution in [0.4, 0.5) is 4.79 Å². The minimum atomic E-state index is -0.705. The molecule has 3 aromatic rings. The lowest BCUT2D eigenvalue weighted by Crippen LogP contribution is -2.37. The van der Waals surface area contributed by atoms with Crippen LogP contribution in [0.5, 0.6) is 0 Å². The molecular weight excluding hydrogens is 420 g/mol. The number of nitrogens with two attached hydrogens (primary N) is 1. The van der Waals surface area contributed by atoms with Gasteiger partial charge >= 0.3 is 6.09 Å². The zero-order chi connectivity index (χ0) is 22.9. The summed E-state index contributed by atoms with van der Waals surface area (Å²) in [6, 6.07) is 10.5. The Morgan fingerprint density at radius 1 is 1.19 bits per heavy atom. The van der Waals surface area contributed by atoms with E-state index < -0.39 is 29.2 Å². The molecule has 2 aromatic carbocycles. The first-order valence-electron chi connectivity index (χ1n) is 9.59. The van der Waals surface area contributed by atoms with Gasteiger partial charge in [-0.25, -0.2) is 9.78 Å². The predicted octanol–water partition coefficient (Wildman–Crippen LogP) is 3.72. The normalized spacial score (nSPS) is 12.4. The summed E-state index contributed by atoms with van der Waals surface area (Å²) in [5, 5.41) is 3.17. The Balaban J connectivity index is 2.21. The molecule has 3 rings (SSSR count). The molecule has 1 atom stereocenters. The van der Waals surface area contributed by atoms with Crippen molar-refractivity contribution in [3.63, 3.8) is 0 Å². The van der Waals surface area contributed by atoms with Crippen molar-refractivity contribution < 1.29 is 14.3 Å². The van der Waals surface area contributed by atoms with E-state index in [4.69, 9.17) is 22.1 Å². The summed E-state index contributed by atoms with van der Waals surface area (Å²) >= 11 is 6.28. The van der Waals surface area contributed by atoms with Crippen molar-refractivity contribution in [2.75, 3.05) is 0 Å². The van der Waals surface area contributed by atoms with Crippen LogP contribution in [0.25, 0.3) is 16.6 Å². The minimum Gasteiger partial charge on any atom is -0.444 e. The fourth-order valence-corrected chi connectivity index (χ4v) is 3.34. The molecular formula is C22H23ClN4O4. The maximum absolute atomic E-state index is 13.4. The largest absolute Gasteiger partial charge is 0.444 e. The van der Waals surface area contributed by atoms with E-state index in [0.717, 1.165) is 0 Å². The molecule has 0 aliphatic heterocycles. The van der Waals surface area contributed by atoms with Gasteiger partial charge in [0.15, 0.2) is 0 Å². The average molecular weight is 443 g/mol. The van der Waals surface area contributed by atoms with Crippen molar-refractivity contribution in [2.24, 2.45) is 5.73 Å². The lowest BCUT2D eigenvalue weighted by Gasteiger charge is -2.23. The number of rotatable bonds is 4. The van der Waals surface area contributed by atoms with Crippen molar-refractivity contribution >= 4 is 34.5 Å². The Morgan fingerprint density at radius 3 is 2.52 bits per heavy atom. The maximum atomic E-state index is 13.4. The number of carbonyl (C=O) groups excluding carboxylic acids is 2. The van der Waals surface area contributed by atoms with Crippen LogP contribution < -0.4 is 16.6 Å². The number of primary amides is 1. The number of nitrogens with one attached hydrogen (secondary N) is 1. The van der Waals surface area contributed by atoms with Crippen molar-refractivity contribution in [1.82, 2.24) is 14.9 Å². The van der Waals surface area contributed by atoms with Crippen LogP contribution in [0.2, 0.25) is 5.02 Å². The summed E-state index contributed by atoms with van der Waals surface area (Å²) in [5.41, 5.74) is 5.24. The van der Waals surface area contributed by atoms with E-state index in [9.17, 15) is 14.4 Å². The van der Waals surface area contributed by atoms with Crippen molar-refractivity contribution in [2.45, 2.75) is 39.3 Å². The van der Waals surface area contributed by atoms with Gasteiger partial charge in [-0.1, -0.05) is 23.7 Å². The first-order valence-corrected chi connectivity index (χ1v) is 9.96. The van der Waals surface area contributed by atoms with Crippen LogP contribution in [-0.4, -0.2) is 27.2 Å². The van der Waals surface area contributed by atoms with Gasteiger partial charge in [0.05, 0.1) is 27.7 Å². The van der Waals surface area contributed by atoms with E-state index in [1.54, 1.807) is 64.1 Å². The number of fused-ring (bicyclic) bond motifs is 1. The van der Waals surface area contributed by atoms with Gasteiger partial charge in [0.1, 0.15) is 11.4 Å². The monoisotopic (exact) mass is 442 g/mol. The molecule has 8 nitrogen and oxygen atoms in total. The highest BCUT2D eigenvalue weighted by molar-refractivity contribution is 6.35. The van der Waals surface area contributed by atoms with Crippen LogP contribution in [-0.2, 0) is 4.74 Å². The molecule has 0 spiro atoms. The lowest BCUT2D eigenvalue weighted by atomic mass is 10.1. The van der Waals surface area contributed by atoms with E-state index in [-0.39, 0.29) is 21.8 Å². The molecule has 0 aliphatic rings. The summed E-state index contributed by atoms with van der Waals surface area (Å²) in [6.07, 6.45) is -0.655. The Bertz CT molecular complexity index is 1230. The third-order valence-corrected chi connectivity index (χ3v) is 4.70. The number of nitrogens with zero attached hydrogens (tertiary/aromatic N) is 2. The van der Waals surface area contributed by atoms with Gasteiger partial charge in [-0.05, 0) is 58.0 Å². The van der Waals surface area contributed by atoms with Crippen molar-refractivity contribution in [3.05, 3.63) is 69.2 Å². The van der Waals surface area contributed by atoms with Crippen molar-refractivity contribution in [1.29, 1.82) is 0 Å². The van der Waals surface area contributed by atoms with Crippen molar-refractivity contribution in [3.8, 4) is 5.69 Å². The molecule has 3 N–H and O–H groups in total. The molecule has 0 saturated carbocycles. The first-order chi connectivity index (χ1) is 14.5. The van der Waals surface area contributed by atoms with E-state index in [1.807, 2.05) is 0 Å². The molecule has 2 amide bonds. The molecule has 31 heavy (non-hydrogen) atoms. The zero-order valence-corrected chi connectivity index (χ0v) is 18.4. The predicted molar refractivity (Wildman–Crippen MR) is 119 cm³/mol. The van der Waals surface area contributed by atoms with Gasteiger partial charge in [0.2, 0.25) is 5.91 Å². The molecule has 9 heteroatoms. The van der Waals surface area contributed by atoms with Crippen LogP contribution in [0.15, 0.2) is 47.3 Å². The quantitative estimate of drug-likeness (QED) is 0.638. The number of alkyl carbamates (subject to hydrolysis) is 1. The molecule has 0 bridgehead atoms. The summed E-state index contributed by atoms with van der Waals surface area (Å²) in [6.45, 7) is 6.92. The number of hydrogen-bond donors (Lipinski definition) is 2. The van der Waals surface area contributed by atoms with Gasteiger partial charge < -0.3 is 15.8 Å². The summed E-state index contributed by atoms with van der Waals surface area (Å²) in [4.78, 5) is 42.0. The smallest absolute Gasteiger partial charge is 0.408 e. The topological polar surface area (TPSA) is 116 Å². The summed E-state index contributed by atoms with van der Waals surface area (Å²) in [7, 11) is 0. The number of aromatic nitrogens is 2. The first kappa shape index (κ1) is 22.3. The maximum Gasteiger partial charge on any atom is 0.408 e. The second-order valence-corrected chi connectivity index (χ2v) is 8.43. The van der Waals surface area contributed by atoms with Gasteiger partial charge in [-0.2, -0.15) is 0 Å². The SMILES string of the molecule is C[C@H](NC(=O)OC(C)(C)C)c1nc2cccc(Cl)c2c(=O)n1-c1cccc(C(N)=O)c1. The van der Waals surface area contributed by atoms with E-state index in [0.29, 0.717) is 11.2 Å². The molecule has 0 saturated heterocycles. The van der Waals surface area contributed by atoms with Crippen LogP contribution in [0.1, 0.15) is 49.9 Å². The zero-order valence-electron chi connectivity index (χ0n) is 17.6. The van der Waals surface area contributed by atoms with E-state index >= 15 is 0 Å². The number of halogens is 1.